The van der Waals surface area contributed by atoms with E-state index < -0.39 is 0 Å². The summed E-state index contributed by atoms with van der Waals surface area (Å²) < 4.78 is 18.7. The van der Waals surface area contributed by atoms with Crippen molar-refractivity contribution < 1.29 is 9.13 Å². The predicted molar refractivity (Wildman–Crippen MR) is 106 cm³/mol. The van der Waals surface area contributed by atoms with E-state index >= 15 is 0 Å². The second kappa shape index (κ2) is 8.15. The Kier molecular flexibility index (Phi) is 5.64. The van der Waals surface area contributed by atoms with Crippen molar-refractivity contribution in [3.05, 3.63) is 35.6 Å². The van der Waals surface area contributed by atoms with Crippen LogP contribution in [-0.2, 0) is 10.2 Å². The van der Waals surface area contributed by atoms with Crippen LogP contribution in [-0.4, -0.2) is 74.3 Å². The smallest absolute Gasteiger partial charge is 0.193 e. The van der Waals surface area contributed by atoms with Gasteiger partial charge in [0.15, 0.2) is 5.96 Å². The molecule has 4 rings (SSSR count). The summed E-state index contributed by atoms with van der Waals surface area (Å²) in [5, 5.41) is 3.48. The van der Waals surface area contributed by atoms with Gasteiger partial charge in [-0.2, -0.15) is 0 Å². The Bertz CT molecular complexity index is 653. The lowest BCUT2D eigenvalue weighted by Gasteiger charge is -2.32. The number of guanidine groups is 1. The number of hydrogen-bond acceptors (Lipinski definition) is 3. The van der Waals surface area contributed by atoms with Gasteiger partial charge in [-0.05, 0) is 43.9 Å². The van der Waals surface area contributed by atoms with Gasteiger partial charge >= 0.3 is 0 Å². The Morgan fingerprint density at radius 3 is 2.63 bits per heavy atom. The molecule has 2 aliphatic heterocycles. The fraction of sp³-hybridized carbons (Fsp3) is 0.667. The van der Waals surface area contributed by atoms with Gasteiger partial charge in [0.05, 0.1) is 19.8 Å². The van der Waals surface area contributed by atoms with E-state index in [-0.39, 0.29) is 11.2 Å². The van der Waals surface area contributed by atoms with E-state index in [1.54, 1.807) is 12.1 Å². The van der Waals surface area contributed by atoms with Crippen molar-refractivity contribution >= 4 is 5.96 Å². The Morgan fingerprint density at radius 2 is 1.96 bits per heavy atom. The van der Waals surface area contributed by atoms with Gasteiger partial charge in [-0.15, -0.1) is 0 Å². The molecule has 0 spiro atoms. The number of likely N-dealkylation sites (tertiary alicyclic amines) is 1. The van der Waals surface area contributed by atoms with E-state index in [2.05, 4.69) is 22.0 Å². The van der Waals surface area contributed by atoms with Crippen molar-refractivity contribution in [3.63, 3.8) is 0 Å². The van der Waals surface area contributed by atoms with Crippen molar-refractivity contribution in [1.29, 1.82) is 0 Å². The Balaban J connectivity index is 1.41. The summed E-state index contributed by atoms with van der Waals surface area (Å²) in [7, 11) is 0. The van der Waals surface area contributed by atoms with Crippen LogP contribution in [0.15, 0.2) is 29.3 Å². The second-order valence-corrected chi connectivity index (χ2v) is 7.99. The number of halogens is 1. The molecule has 0 radical (unpaired) electrons. The van der Waals surface area contributed by atoms with Crippen LogP contribution in [0, 0.1) is 5.82 Å². The minimum absolute atomic E-state index is 0.109. The molecule has 3 aliphatic rings. The molecule has 0 aromatic heterocycles. The van der Waals surface area contributed by atoms with Crippen molar-refractivity contribution in [3.8, 4) is 0 Å². The van der Waals surface area contributed by atoms with Gasteiger partial charge < -0.3 is 15.0 Å². The molecule has 27 heavy (non-hydrogen) atoms. The average Bonchev–Trinajstić information content (AvgIpc) is 3.33. The normalized spacial score (nSPS) is 25.6. The van der Waals surface area contributed by atoms with Crippen molar-refractivity contribution in [2.24, 2.45) is 4.99 Å². The lowest BCUT2D eigenvalue weighted by molar-refractivity contribution is 0.0195. The second-order valence-electron chi connectivity index (χ2n) is 7.99. The number of rotatable bonds is 5. The summed E-state index contributed by atoms with van der Waals surface area (Å²) in [5.74, 6) is 0.860. The molecule has 3 fully saturated rings. The van der Waals surface area contributed by atoms with Crippen LogP contribution in [0.25, 0.3) is 0 Å². The first-order chi connectivity index (χ1) is 13.2. The Morgan fingerprint density at radius 1 is 1.22 bits per heavy atom. The zero-order valence-corrected chi connectivity index (χ0v) is 16.3. The molecule has 0 amide bonds. The molecule has 0 bridgehead atoms. The minimum atomic E-state index is -0.169. The summed E-state index contributed by atoms with van der Waals surface area (Å²) in [5.41, 5.74) is 1.33. The molecule has 1 N–H and O–H groups in total. The molecule has 148 valence electrons. The van der Waals surface area contributed by atoms with E-state index in [0.29, 0.717) is 6.04 Å². The maximum absolute atomic E-state index is 13.2. The summed E-state index contributed by atoms with van der Waals surface area (Å²) in [6, 6.07) is 7.59. The fourth-order valence-corrected chi connectivity index (χ4v) is 4.32. The fourth-order valence-electron chi connectivity index (χ4n) is 4.32. The van der Waals surface area contributed by atoms with Crippen molar-refractivity contribution in [1.82, 2.24) is 15.1 Å². The van der Waals surface area contributed by atoms with Gasteiger partial charge in [0.2, 0.25) is 0 Å². The summed E-state index contributed by atoms with van der Waals surface area (Å²) in [6.45, 7) is 9.65. The number of ether oxygens (including phenoxy) is 1. The standard InChI is InChI=1S/C21H31FN4O/c1-2-23-20(26-10-7-19(15-26)25-11-13-27-14-12-25)24-16-21(8-9-21)17-3-5-18(22)6-4-17/h3-6,19H,2,7-16H2,1H3,(H,23,24). The predicted octanol–water partition coefficient (Wildman–Crippen LogP) is 2.23. The average molecular weight is 375 g/mol. The van der Waals surface area contributed by atoms with Gasteiger partial charge in [0.25, 0.3) is 0 Å². The summed E-state index contributed by atoms with van der Waals surface area (Å²) in [4.78, 5) is 9.97. The van der Waals surface area contributed by atoms with Crippen LogP contribution in [0.5, 0.6) is 0 Å². The number of nitrogens with one attached hydrogen (secondary N) is 1. The first-order valence-electron chi connectivity index (χ1n) is 10.3. The molecule has 1 aromatic rings. The molecular formula is C21H31FN4O. The van der Waals surface area contributed by atoms with E-state index in [1.165, 1.54) is 12.0 Å². The van der Waals surface area contributed by atoms with Crippen LogP contribution >= 0.6 is 0 Å². The van der Waals surface area contributed by atoms with Gasteiger partial charge in [-0.1, -0.05) is 12.1 Å². The molecule has 1 aromatic carbocycles. The maximum Gasteiger partial charge on any atom is 0.193 e. The van der Waals surface area contributed by atoms with E-state index in [0.717, 1.165) is 71.3 Å². The van der Waals surface area contributed by atoms with Crippen LogP contribution in [0.2, 0.25) is 0 Å². The first kappa shape index (κ1) is 18.7. The quantitative estimate of drug-likeness (QED) is 0.634. The third-order valence-electron chi connectivity index (χ3n) is 6.20. The Hall–Kier alpha value is -1.66. The van der Waals surface area contributed by atoms with Crippen LogP contribution in [0.1, 0.15) is 31.7 Å². The van der Waals surface area contributed by atoms with E-state index in [4.69, 9.17) is 9.73 Å². The molecule has 1 atom stereocenters. The molecule has 1 unspecified atom stereocenters. The number of morpholine rings is 1. The highest BCUT2D eigenvalue weighted by Gasteiger charge is 2.44. The minimum Gasteiger partial charge on any atom is -0.379 e. The highest BCUT2D eigenvalue weighted by Crippen LogP contribution is 2.48. The van der Waals surface area contributed by atoms with E-state index in [1.807, 2.05) is 12.1 Å². The van der Waals surface area contributed by atoms with Gasteiger partial charge in [-0.3, -0.25) is 9.89 Å². The van der Waals surface area contributed by atoms with Crippen molar-refractivity contribution in [2.75, 3.05) is 52.5 Å². The highest BCUT2D eigenvalue weighted by atomic mass is 19.1. The van der Waals surface area contributed by atoms with Crippen LogP contribution < -0.4 is 5.32 Å². The third-order valence-corrected chi connectivity index (χ3v) is 6.20. The molecule has 6 heteroatoms. The number of hydrogen-bond donors (Lipinski definition) is 1. The van der Waals surface area contributed by atoms with Gasteiger partial charge in [0, 0.05) is 44.2 Å². The molecule has 2 saturated heterocycles. The molecule has 5 nitrogen and oxygen atoms in total. The molecule has 2 heterocycles. The van der Waals surface area contributed by atoms with Crippen LogP contribution in [0.4, 0.5) is 4.39 Å². The molecule has 1 aliphatic carbocycles. The summed E-state index contributed by atoms with van der Waals surface area (Å²) >= 11 is 0. The topological polar surface area (TPSA) is 40.1 Å². The number of aliphatic imine (C=N–C) groups is 1. The monoisotopic (exact) mass is 374 g/mol. The zero-order valence-electron chi connectivity index (χ0n) is 16.3. The van der Waals surface area contributed by atoms with Gasteiger partial charge in [-0.25, -0.2) is 4.39 Å². The number of nitrogens with zero attached hydrogens (tertiary/aromatic N) is 3. The van der Waals surface area contributed by atoms with Crippen molar-refractivity contribution in [2.45, 2.75) is 37.6 Å². The molecular weight excluding hydrogens is 343 g/mol. The first-order valence-corrected chi connectivity index (χ1v) is 10.3. The third kappa shape index (κ3) is 4.27. The lowest BCUT2D eigenvalue weighted by atomic mass is 9.96. The SMILES string of the molecule is CCNC(=NCC1(c2ccc(F)cc2)CC1)N1CCC(N2CCOCC2)C1. The summed E-state index contributed by atoms with van der Waals surface area (Å²) in [6.07, 6.45) is 3.46. The van der Waals surface area contributed by atoms with Gasteiger partial charge in [0.1, 0.15) is 5.82 Å². The maximum atomic E-state index is 13.2. The largest absolute Gasteiger partial charge is 0.379 e. The highest BCUT2D eigenvalue weighted by molar-refractivity contribution is 5.80. The lowest BCUT2D eigenvalue weighted by Crippen LogP contribution is -2.46. The van der Waals surface area contributed by atoms with Crippen LogP contribution in [0.3, 0.4) is 0 Å². The number of benzene rings is 1. The Labute approximate surface area is 161 Å². The molecule has 1 saturated carbocycles. The zero-order chi connectivity index (χ0) is 18.7. The van der Waals surface area contributed by atoms with E-state index in [9.17, 15) is 4.39 Å².